The molecule has 4 fully saturated rings. The van der Waals surface area contributed by atoms with Crippen LogP contribution in [0.25, 0.3) is 0 Å². The van der Waals surface area contributed by atoms with Gasteiger partial charge in [-0.2, -0.15) is 0 Å². The highest BCUT2D eigenvalue weighted by Crippen LogP contribution is 2.67. The van der Waals surface area contributed by atoms with Gasteiger partial charge in [-0.25, -0.2) is 0 Å². The SMILES string of the molecule is CC(CO)C(=O)CC[C@@H](C)[C@H]1CC[C@H]2[C@@H]3CC=C4C[C@@H](OC5CCCCO5)CC[C@]4(C)[C@H]3CC[C@]12C. The summed E-state index contributed by atoms with van der Waals surface area (Å²) in [4.78, 5) is 12.4. The summed E-state index contributed by atoms with van der Waals surface area (Å²) in [6, 6.07) is 0. The first kappa shape index (κ1) is 26.9. The van der Waals surface area contributed by atoms with Crippen LogP contribution >= 0.6 is 0 Å². The Bertz CT molecular complexity index is 815. The van der Waals surface area contributed by atoms with Gasteiger partial charge in [-0.15, -0.1) is 0 Å². The zero-order valence-electron chi connectivity index (χ0n) is 23.5. The van der Waals surface area contributed by atoms with Crippen LogP contribution in [0.3, 0.4) is 0 Å². The number of aliphatic hydroxyl groups excluding tert-OH is 1. The highest BCUT2D eigenvalue weighted by molar-refractivity contribution is 5.80. The molecule has 0 bridgehead atoms. The lowest BCUT2D eigenvalue weighted by molar-refractivity contribution is -0.195. The molecule has 0 radical (unpaired) electrons. The number of fused-ring (bicyclic) bond motifs is 5. The van der Waals surface area contributed by atoms with Gasteiger partial charge in [0.15, 0.2) is 6.29 Å². The fourth-order valence-electron chi connectivity index (χ4n) is 9.67. The Balaban J connectivity index is 1.23. The molecule has 0 aromatic heterocycles. The van der Waals surface area contributed by atoms with Gasteiger partial charge in [0, 0.05) is 18.9 Å². The van der Waals surface area contributed by atoms with E-state index < -0.39 is 0 Å². The second-order valence-electron chi connectivity index (χ2n) is 13.9. The molecule has 0 spiro atoms. The van der Waals surface area contributed by atoms with E-state index in [1.54, 1.807) is 5.57 Å². The molecule has 0 amide bonds. The van der Waals surface area contributed by atoms with Gasteiger partial charge in [-0.05, 0) is 117 Å². The zero-order chi connectivity index (χ0) is 25.5. The third kappa shape index (κ3) is 4.89. The van der Waals surface area contributed by atoms with Crippen LogP contribution in [0.2, 0.25) is 0 Å². The summed E-state index contributed by atoms with van der Waals surface area (Å²) in [5.41, 5.74) is 2.47. The minimum Gasteiger partial charge on any atom is -0.396 e. The predicted octanol–water partition coefficient (Wildman–Crippen LogP) is 7.09. The van der Waals surface area contributed by atoms with E-state index in [2.05, 4.69) is 26.8 Å². The van der Waals surface area contributed by atoms with E-state index >= 15 is 0 Å². The lowest BCUT2D eigenvalue weighted by Gasteiger charge is -2.58. The molecule has 1 aliphatic heterocycles. The van der Waals surface area contributed by atoms with Crippen LogP contribution in [0.1, 0.15) is 111 Å². The van der Waals surface area contributed by atoms with Gasteiger partial charge >= 0.3 is 0 Å². The molecule has 2 unspecified atom stereocenters. The largest absolute Gasteiger partial charge is 0.396 e. The molecule has 204 valence electrons. The summed E-state index contributed by atoms with van der Waals surface area (Å²) in [7, 11) is 0. The second-order valence-corrected chi connectivity index (χ2v) is 13.9. The third-order valence-electron chi connectivity index (χ3n) is 12.0. The van der Waals surface area contributed by atoms with Crippen LogP contribution < -0.4 is 0 Å². The van der Waals surface area contributed by atoms with Crippen molar-refractivity contribution in [1.82, 2.24) is 0 Å². The first-order chi connectivity index (χ1) is 17.3. The predicted molar refractivity (Wildman–Crippen MR) is 143 cm³/mol. The molecule has 3 saturated carbocycles. The molecular formula is C32H52O4. The Morgan fingerprint density at radius 1 is 1.11 bits per heavy atom. The standard InChI is InChI=1S/C32H52O4/c1-21(8-13-29(34)22(2)20-33)26-11-12-27-25-10-9-23-19-24(36-30-7-5-6-18-35-30)14-16-31(23,3)28(25)15-17-32(26,27)4/h9,21-22,24-28,30,33H,5-8,10-20H2,1-4H3/t21-,22?,24+,25+,26-,27+,28+,30?,31+,32-/m1/s1. The van der Waals surface area contributed by atoms with E-state index in [1.807, 2.05) is 6.92 Å². The van der Waals surface area contributed by atoms with Crippen molar-refractivity contribution in [2.75, 3.05) is 13.2 Å². The fourth-order valence-corrected chi connectivity index (χ4v) is 9.67. The maximum Gasteiger partial charge on any atom is 0.157 e. The van der Waals surface area contributed by atoms with Gasteiger partial charge in [0.2, 0.25) is 0 Å². The number of ketones is 1. The Kier molecular flexibility index (Phi) is 8.07. The molecule has 1 N–H and O–H groups in total. The van der Waals surface area contributed by atoms with Crippen molar-refractivity contribution < 1.29 is 19.4 Å². The average molecular weight is 501 g/mol. The number of rotatable bonds is 8. The highest BCUT2D eigenvalue weighted by atomic mass is 16.7. The van der Waals surface area contributed by atoms with Crippen molar-refractivity contribution in [1.29, 1.82) is 0 Å². The second kappa shape index (κ2) is 10.8. The van der Waals surface area contributed by atoms with Crippen molar-refractivity contribution >= 4 is 5.78 Å². The normalized spacial score (nSPS) is 44.1. The van der Waals surface area contributed by atoms with E-state index in [9.17, 15) is 9.90 Å². The first-order valence-electron chi connectivity index (χ1n) is 15.4. The number of carbonyl (C=O) groups excluding carboxylic acids is 1. The van der Waals surface area contributed by atoms with Crippen LogP contribution in [-0.4, -0.2) is 36.5 Å². The lowest BCUT2D eigenvalue weighted by atomic mass is 9.47. The molecule has 4 heteroatoms. The van der Waals surface area contributed by atoms with Crippen LogP contribution in [0.5, 0.6) is 0 Å². The molecule has 36 heavy (non-hydrogen) atoms. The monoisotopic (exact) mass is 500 g/mol. The number of allylic oxidation sites excluding steroid dienone is 1. The maximum atomic E-state index is 12.4. The lowest BCUT2D eigenvalue weighted by Crippen LogP contribution is -2.51. The van der Waals surface area contributed by atoms with Crippen molar-refractivity contribution in [3.05, 3.63) is 11.6 Å². The summed E-state index contributed by atoms with van der Waals surface area (Å²) in [6.07, 6.45) is 18.4. The number of aliphatic hydroxyl groups is 1. The minimum atomic E-state index is -0.209. The smallest absolute Gasteiger partial charge is 0.157 e. The van der Waals surface area contributed by atoms with Crippen LogP contribution in [-0.2, 0) is 14.3 Å². The Morgan fingerprint density at radius 3 is 2.69 bits per heavy atom. The molecule has 0 aromatic rings. The summed E-state index contributed by atoms with van der Waals surface area (Å²) in [5.74, 6) is 3.83. The van der Waals surface area contributed by atoms with Crippen LogP contribution in [0.15, 0.2) is 11.6 Å². The molecular weight excluding hydrogens is 448 g/mol. The molecule has 4 aliphatic carbocycles. The van der Waals surface area contributed by atoms with Crippen molar-refractivity contribution in [2.24, 2.45) is 46.3 Å². The number of ether oxygens (including phenoxy) is 2. The first-order valence-corrected chi connectivity index (χ1v) is 15.4. The van der Waals surface area contributed by atoms with Crippen molar-refractivity contribution in [2.45, 2.75) is 124 Å². The number of carbonyl (C=O) groups is 1. The van der Waals surface area contributed by atoms with E-state index in [0.717, 1.165) is 49.5 Å². The number of hydrogen-bond donors (Lipinski definition) is 1. The zero-order valence-corrected chi connectivity index (χ0v) is 23.5. The van der Waals surface area contributed by atoms with Gasteiger partial charge in [-0.1, -0.05) is 39.3 Å². The van der Waals surface area contributed by atoms with E-state index in [1.165, 1.54) is 57.8 Å². The molecule has 5 rings (SSSR count). The number of hydrogen-bond acceptors (Lipinski definition) is 4. The Morgan fingerprint density at radius 2 is 1.94 bits per heavy atom. The van der Waals surface area contributed by atoms with Crippen LogP contribution in [0, 0.1) is 46.3 Å². The fraction of sp³-hybridized carbons (Fsp3) is 0.906. The van der Waals surface area contributed by atoms with E-state index in [0.29, 0.717) is 29.3 Å². The summed E-state index contributed by atoms with van der Waals surface area (Å²) in [5, 5.41) is 9.34. The molecule has 1 heterocycles. The van der Waals surface area contributed by atoms with Gasteiger partial charge < -0.3 is 14.6 Å². The van der Waals surface area contributed by atoms with Gasteiger partial charge in [0.1, 0.15) is 5.78 Å². The van der Waals surface area contributed by atoms with Crippen molar-refractivity contribution in [3.63, 3.8) is 0 Å². The molecule has 0 aromatic carbocycles. The Hall–Kier alpha value is -0.710. The summed E-state index contributed by atoms with van der Waals surface area (Å²) < 4.78 is 12.3. The quantitative estimate of drug-likeness (QED) is 0.361. The average Bonchev–Trinajstić information content (AvgIpc) is 3.24. The number of Topliss-reactive ketones (excluding diaryl/α,β-unsaturated/α-hetero) is 1. The van der Waals surface area contributed by atoms with Gasteiger partial charge in [0.05, 0.1) is 12.7 Å². The van der Waals surface area contributed by atoms with Crippen molar-refractivity contribution in [3.8, 4) is 0 Å². The van der Waals surface area contributed by atoms with Gasteiger partial charge in [-0.3, -0.25) is 4.79 Å². The molecule has 1 saturated heterocycles. The minimum absolute atomic E-state index is 0.0188. The molecule has 4 nitrogen and oxygen atoms in total. The van der Waals surface area contributed by atoms with E-state index in [4.69, 9.17) is 9.47 Å². The van der Waals surface area contributed by atoms with Gasteiger partial charge in [0.25, 0.3) is 0 Å². The summed E-state index contributed by atoms with van der Waals surface area (Å²) >= 11 is 0. The van der Waals surface area contributed by atoms with Crippen LogP contribution in [0.4, 0.5) is 0 Å². The third-order valence-corrected chi connectivity index (χ3v) is 12.0. The summed E-state index contributed by atoms with van der Waals surface area (Å²) in [6.45, 7) is 10.3. The highest BCUT2D eigenvalue weighted by Gasteiger charge is 2.59. The molecule has 5 aliphatic rings. The Labute approximate surface area is 220 Å². The molecule has 10 atom stereocenters. The maximum absolute atomic E-state index is 12.4. The topological polar surface area (TPSA) is 55.8 Å². The van der Waals surface area contributed by atoms with E-state index in [-0.39, 0.29) is 24.6 Å².